The first kappa shape index (κ1) is 37.4. The number of aliphatic carboxylic acids is 2. The molecule has 20 heteroatoms. The summed E-state index contributed by atoms with van der Waals surface area (Å²) in [7, 11) is 0. The van der Waals surface area contributed by atoms with E-state index in [-0.39, 0.29) is 39.4 Å². The van der Waals surface area contributed by atoms with Crippen molar-refractivity contribution in [3.63, 3.8) is 0 Å². The lowest BCUT2D eigenvalue weighted by molar-refractivity contribution is -0.695. The number of oxime groups is 1. The number of fused-ring (bicyclic) bond motifs is 2. The highest BCUT2D eigenvalue weighted by atomic mass is 35.5. The molecule has 0 spiro atoms. The van der Waals surface area contributed by atoms with Gasteiger partial charge in [-0.05, 0) is 44.9 Å². The Balaban J connectivity index is 1.25. The number of nitrogens with two attached hydrogens (primary N) is 1. The molecule has 0 radical (unpaired) electrons. The molecule has 3 aliphatic heterocycles. The van der Waals surface area contributed by atoms with Crippen LogP contribution in [0.4, 0.5) is 10.8 Å². The van der Waals surface area contributed by atoms with Crippen molar-refractivity contribution in [1.82, 2.24) is 15.2 Å². The largest absolute Gasteiger partial charge is 0.504 e. The van der Waals surface area contributed by atoms with Crippen LogP contribution < -0.4 is 20.5 Å². The van der Waals surface area contributed by atoms with Gasteiger partial charge in [0, 0.05) is 35.7 Å². The van der Waals surface area contributed by atoms with Gasteiger partial charge in [0.05, 0.1) is 10.6 Å². The van der Waals surface area contributed by atoms with Gasteiger partial charge in [0.1, 0.15) is 28.5 Å². The molecule has 3 aromatic rings. The molecule has 0 bridgehead atoms. The fourth-order valence-electron chi connectivity index (χ4n) is 6.02. The monoisotopic (exact) mass is 786 g/mol. The summed E-state index contributed by atoms with van der Waals surface area (Å²) in [5.74, 6) is -5.65. The molecule has 0 unspecified atom stereocenters. The molecule has 0 aliphatic carbocycles. The SMILES string of the molecule is CC(C)(O/N=C(\C(=O)N[C@@H]1C(=O)N2C(C(=O)O)=C(C[n+]3cccc4c3CCCCN4C(=O)c3ccc(O)c(O)c3Cl)CS[C@H]12)c1csc(N)n1)C(=O)O. The van der Waals surface area contributed by atoms with Crippen LogP contribution in [0, 0.1) is 0 Å². The molecule has 2 aromatic heterocycles. The number of rotatable bonds is 10. The third-order valence-electron chi connectivity index (χ3n) is 8.83. The number of pyridine rings is 1. The van der Waals surface area contributed by atoms with Crippen molar-refractivity contribution in [3.05, 3.63) is 69.1 Å². The van der Waals surface area contributed by atoms with Crippen molar-refractivity contribution in [2.75, 3.05) is 22.9 Å². The average molecular weight is 787 g/mol. The van der Waals surface area contributed by atoms with E-state index in [0.29, 0.717) is 37.1 Å². The lowest BCUT2D eigenvalue weighted by Crippen LogP contribution is -2.71. The van der Waals surface area contributed by atoms with Crippen LogP contribution in [0.25, 0.3) is 0 Å². The Morgan fingerprint density at radius 2 is 1.94 bits per heavy atom. The van der Waals surface area contributed by atoms with Crippen molar-refractivity contribution in [2.24, 2.45) is 5.16 Å². The Kier molecular flexibility index (Phi) is 10.3. The van der Waals surface area contributed by atoms with Crippen LogP contribution >= 0.6 is 34.7 Å². The van der Waals surface area contributed by atoms with Crippen molar-refractivity contribution in [3.8, 4) is 11.5 Å². The summed E-state index contributed by atoms with van der Waals surface area (Å²) in [5.41, 5.74) is 4.99. The zero-order valence-electron chi connectivity index (χ0n) is 28.1. The van der Waals surface area contributed by atoms with Crippen molar-refractivity contribution in [1.29, 1.82) is 0 Å². The fourth-order valence-corrected chi connectivity index (χ4v) is 8.14. The number of carboxylic acids is 2. The van der Waals surface area contributed by atoms with Gasteiger partial charge in [-0.2, -0.15) is 4.57 Å². The number of anilines is 2. The van der Waals surface area contributed by atoms with Crippen molar-refractivity contribution < 1.29 is 53.8 Å². The Morgan fingerprint density at radius 1 is 1.19 bits per heavy atom. The third kappa shape index (κ3) is 7.06. The summed E-state index contributed by atoms with van der Waals surface area (Å²) >= 11 is 8.48. The number of phenolic OH excluding ortho intramolecular Hbond substituents is 2. The molecule has 5 heterocycles. The number of hydrogen-bond donors (Lipinski definition) is 6. The number of carbonyl (C=O) groups excluding carboxylic acids is 3. The predicted molar refractivity (Wildman–Crippen MR) is 192 cm³/mol. The van der Waals surface area contributed by atoms with E-state index in [0.717, 1.165) is 21.9 Å². The van der Waals surface area contributed by atoms with Gasteiger partial charge in [-0.25, -0.2) is 14.6 Å². The predicted octanol–water partition coefficient (Wildman–Crippen LogP) is 2.08. The van der Waals surface area contributed by atoms with Crippen LogP contribution in [0.1, 0.15) is 48.4 Å². The zero-order valence-corrected chi connectivity index (χ0v) is 30.5. The molecule has 1 aromatic carbocycles. The second-order valence-corrected chi connectivity index (χ2v) is 15.1. The van der Waals surface area contributed by atoms with Gasteiger partial charge in [-0.3, -0.25) is 19.3 Å². The van der Waals surface area contributed by atoms with E-state index < -0.39 is 63.9 Å². The first-order valence-corrected chi connectivity index (χ1v) is 18.4. The van der Waals surface area contributed by atoms with Crippen LogP contribution in [0.2, 0.25) is 5.02 Å². The maximum Gasteiger partial charge on any atom is 0.352 e. The van der Waals surface area contributed by atoms with Crippen LogP contribution in [-0.2, 0) is 37.0 Å². The van der Waals surface area contributed by atoms with E-state index in [4.69, 9.17) is 22.2 Å². The second kappa shape index (κ2) is 14.6. The summed E-state index contributed by atoms with van der Waals surface area (Å²) in [6.45, 7) is 2.88. The van der Waals surface area contributed by atoms with Crippen molar-refractivity contribution >= 4 is 80.9 Å². The normalized spacial score (nSPS) is 18.8. The summed E-state index contributed by atoms with van der Waals surface area (Å²) in [6.07, 6.45) is 3.67. The Morgan fingerprint density at radius 3 is 2.62 bits per heavy atom. The number of nitrogens with one attached hydrogen (secondary N) is 1. The maximum atomic E-state index is 13.7. The molecule has 0 saturated carbocycles. The van der Waals surface area contributed by atoms with Crippen LogP contribution in [-0.4, -0.2) is 95.0 Å². The second-order valence-electron chi connectivity index (χ2n) is 12.7. The third-order valence-corrected chi connectivity index (χ3v) is 11.2. The number of nitrogens with zero attached hydrogens (tertiary/aromatic N) is 5. The number of benzene rings is 1. The quantitative estimate of drug-likeness (QED) is 0.0567. The lowest BCUT2D eigenvalue weighted by atomic mass is 10.0. The number of thiazole rings is 1. The summed E-state index contributed by atoms with van der Waals surface area (Å²) in [4.78, 5) is 76.8. The molecule has 278 valence electrons. The number of aromatic hydroxyl groups is 2. The fraction of sp³-hybridized carbons (Fsp3) is 0.333. The molecule has 3 amide bonds. The highest BCUT2D eigenvalue weighted by Gasteiger charge is 2.55. The van der Waals surface area contributed by atoms with E-state index in [1.807, 2.05) is 4.57 Å². The summed E-state index contributed by atoms with van der Waals surface area (Å²) in [5, 5.41) is 46.5. The van der Waals surface area contributed by atoms with Crippen LogP contribution in [0.15, 0.2) is 52.3 Å². The Labute approximate surface area is 314 Å². The molecule has 1 saturated heterocycles. The number of aromatic nitrogens is 2. The highest BCUT2D eigenvalue weighted by molar-refractivity contribution is 8.00. The minimum atomic E-state index is -1.81. The molecular weight excluding hydrogens is 754 g/mol. The number of phenols is 2. The summed E-state index contributed by atoms with van der Waals surface area (Å²) < 4.78 is 1.83. The number of thioether (sulfide) groups is 1. The highest BCUT2D eigenvalue weighted by Crippen LogP contribution is 2.41. The van der Waals surface area contributed by atoms with Gasteiger partial charge in [-0.1, -0.05) is 16.8 Å². The number of carboxylic acid groups (broad SMARTS) is 2. The minimum Gasteiger partial charge on any atom is -0.504 e. The van der Waals surface area contributed by atoms with Gasteiger partial charge in [0.15, 0.2) is 35.1 Å². The number of amides is 3. The molecular formula is C33H33ClN7O10S2+. The summed E-state index contributed by atoms with van der Waals surface area (Å²) in [6, 6.07) is 4.84. The van der Waals surface area contributed by atoms with Crippen molar-refractivity contribution in [2.45, 2.75) is 56.7 Å². The Bertz CT molecular complexity index is 2120. The topological polar surface area (TPSA) is 249 Å². The van der Waals surface area contributed by atoms with E-state index in [1.165, 1.54) is 48.0 Å². The number of halogens is 1. The number of β-lactam (4-membered cyclic amide) rings is 1. The molecule has 1 fully saturated rings. The van der Waals surface area contributed by atoms with Crippen LogP contribution in [0.5, 0.6) is 11.5 Å². The first-order chi connectivity index (χ1) is 25.1. The van der Waals surface area contributed by atoms with Gasteiger partial charge in [0.25, 0.3) is 17.7 Å². The molecule has 6 rings (SSSR count). The molecule has 7 N–H and O–H groups in total. The van der Waals surface area contributed by atoms with Gasteiger partial charge < -0.3 is 41.2 Å². The Hall–Kier alpha value is -5.40. The smallest absolute Gasteiger partial charge is 0.352 e. The average Bonchev–Trinajstić information content (AvgIpc) is 3.42. The number of carbonyl (C=O) groups is 5. The molecule has 53 heavy (non-hydrogen) atoms. The minimum absolute atomic E-state index is 0.000474. The maximum absolute atomic E-state index is 13.7. The van der Waals surface area contributed by atoms with E-state index in [2.05, 4.69) is 15.5 Å². The molecule has 17 nitrogen and oxygen atoms in total. The first-order valence-electron chi connectivity index (χ1n) is 16.1. The lowest BCUT2D eigenvalue weighted by Gasteiger charge is -2.49. The standard InChI is InChI=1S/C33H32ClN7O10S2/c1-33(2,31(49)50)51-38-22(17-14-53-32(35)36-17)26(44)37-23-28(46)41-24(30(47)48)15(13-52-29(23)41)12-39-10-5-7-19-18(39)6-3-4-11-40(19)27(45)16-8-9-20(42)25(43)21(16)34/h5,7-10,14,23,29H,3-4,6,11-13H2,1-2H3,(H6-,35,36,37,38,42,43,44,45,47,48,49,50)/p+1/t23-,29-/m1/s1. The van der Waals surface area contributed by atoms with Crippen LogP contribution in [0.3, 0.4) is 0 Å². The molecule has 3 aliphatic rings. The molecule has 2 atom stereocenters. The van der Waals surface area contributed by atoms with E-state index in [1.54, 1.807) is 18.3 Å². The van der Waals surface area contributed by atoms with E-state index in [9.17, 15) is 44.4 Å². The van der Waals surface area contributed by atoms with Gasteiger partial charge in [0.2, 0.25) is 11.3 Å². The van der Waals surface area contributed by atoms with Gasteiger partial charge in [-0.15, -0.1) is 23.1 Å². The van der Waals surface area contributed by atoms with Gasteiger partial charge >= 0.3 is 11.9 Å². The number of hydrogen-bond acceptors (Lipinski definition) is 13. The number of nitrogen functional groups attached to an aromatic ring is 1. The van der Waals surface area contributed by atoms with E-state index >= 15 is 0 Å². The zero-order chi connectivity index (χ0) is 38.4.